The molecule has 0 spiro atoms. The van der Waals surface area contributed by atoms with Gasteiger partial charge in [0.05, 0.1) is 0 Å². The fourth-order valence-corrected chi connectivity index (χ4v) is 2.49. The Morgan fingerprint density at radius 2 is 1.82 bits per heavy atom. The zero-order valence-electron chi connectivity index (χ0n) is 12.2. The van der Waals surface area contributed by atoms with Gasteiger partial charge in [-0.05, 0) is 36.0 Å². The lowest BCUT2D eigenvalue weighted by atomic mass is 9.75. The number of allylic oxidation sites excluding steroid dienone is 8. The maximum absolute atomic E-state index is 2.33. The Morgan fingerprint density at radius 1 is 1.18 bits per heavy atom. The largest absolute Gasteiger partial charge is 0.0798 e. The van der Waals surface area contributed by atoms with E-state index in [1.54, 1.807) is 5.57 Å². The molecule has 0 heteroatoms. The molecule has 2 aliphatic rings. The average Bonchev–Trinajstić information content (AvgIpc) is 2.35. The molecule has 0 fully saturated rings. The Hall–Kier alpha value is -1.04. The van der Waals surface area contributed by atoms with Gasteiger partial charge in [-0.25, -0.2) is 0 Å². The minimum Gasteiger partial charge on any atom is -0.0798 e. The quantitative estimate of drug-likeness (QED) is 0.562. The van der Waals surface area contributed by atoms with E-state index in [9.17, 15) is 0 Å². The van der Waals surface area contributed by atoms with Crippen molar-refractivity contribution in [2.24, 2.45) is 11.8 Å². The first kappa shape index (κ1) is 14.0. The van der Waals surface area contributed by atoms with Crippen LogP contribution in [0.1, 0.15) is 48.0 Å². The Kier molecular flexibility index (Phi) is 4.99. The van der Waals surface area contributed by atoms with Crippen molar-refractivity contribution >= 4 is 0 Å². The second-order valence-corrected chi connectivity index (χ2v) is 4.95. The zero-order chi connectivity index (χ0) is 13.0. The molecule has 0 aliphatic heterocycles. The highest BCUT2D eigenvalue weighted by Crippen LogP contribution is 2.39. The predicted octanol–water partition coefficient (Wildman–Crippen LogP) is 5.45. The molecule has 0 bridgehead atoms. The first-order chi connectivity index (χ1) is 8.11. The molecule has 0 N–H and O–H groups in total. The summed E-state index contributed by atoms with van der Waals surface area (Å²) in [5.74, 6) is 1.24. The number of hydrogen-bond acceptors (Lipinski definition) is 0. The number of fused-ring (bicyclic) bond motifs is 1. The van der Waals surface area contributed by atoms with Crippen molar-refractivity contribution in [1.29, 1.82) is 0 Å². The molecular weight excluding hydrogens is 204 g/mol. The van der Waals surface area contributed by atoms with Crippen molar-refractivity contribution in [2.45, 2.75) is 48.0 Å². The van der Waals surface area contributed by atoms with E-state index in [-0.39, 0.29) is 0 Å². The molecule has 0 aromatic rings. The van der Waals surface area contributed by atoms with Gasteiger partial charge in [-0.2, -0.15) is 0 Å². The molecule has 0 radical (unpaired) electrons. The first-order valence-corrected chi connectivity index (χ1v) is 6.89. The van der Waals surface area contributed by atoms with Gasteiger partial charge in [0.25, 0.3) is 0 Å². The van der Waals surface area contributed by atoms with E-state index in [1.807, 2.05) is 13.8 Å². The van der Waals surface area contributed by atoms with E-state index < -0.39 is 0 Å². The molecule has 0 saturated carbocycles. The number of rotatable bonds is 1. The van der Waals surface area contributed by atoms with Crippen LogP contribution in [0.4, 0.5) is 0 Å². The summed E-state index contributed by atoms with van der Waals surface area (Å²) < 4.78 is 0. The van der Waals surface area contributed by atoms with Gasteiger partial charge < -0.3 is 0 Å². The van der Waals surface area contributed by atoms with Crippen LogP contribution in [0.25, 0.3) is 0 Å². The first-order valence-electron chi connectivity index (χ1n) is 6.89. The van der Waals surface area contributed by atoms with Crippen molar-refractivity contribution in [2.75, 3.05) is 0 Å². The van der Waals surface area contributed by atoms with Crippen LogP contribution in [-0.2, 0) is 0 Å². The van der Waals surface area contributed by atoms with E-state index in [1.165, 1.54) is 16.7 Å². The van der Waals surface area contributed by atoms with Crippen LogP contribution >= 0.6 is 0 Å². The van der Waals surface area contributed by atoms with Crippen molar-refractivity contribution in [3.05, 3.63) is 46.6 Å². The van der Waals surface area contributed by atoms with E-state index in [0.29, 0.717) is 11.8 Å². The molecule has 0 saturated heterocycles. The fraction of sp³-hybridized carbons (Fsp3) is 0.529. The Morgan fingerprint density at radius 3 is 2.41 bits per heavy atom. The van der Waals surface area contributed by atoms with Crippen LogP contribution in [-0.4, -0.2) is 0 Å². The molecule has 0 amide bonds. The van der Waals surface area contributed by atoms with E-state index in [2.05, 4.69) is 52.0 Å². The van der Waals surface area contributed by atoms with Gasteiger partial charge in [-0.1, -0.05) is 64.5 Å². The zero-order valence-corrected chi connectivity index (χ0v) is 12.2. The third-order valence-corrected chi connectivity index (χ3v) is 3.58. The lowest BCUT2D eigenvalue weighted by Crippen LogP contribution is -2.14. The molecule has 1 unspecified atom stereocenters. The summed E-state index contributed by atoms with van der Waals surface area (Å²) in [5, 5.41) is 0. The highest BCUT2D eigenvalue weighted by atomic mass is 14.3. The molecule has 0 nitrogen and oxygen atoms in total. The van der Waals surface area contributed by atoms with Gasteiger partial charge in [0.2, 0.25) is 0 Å². The van der Waals surface area contributed by atoms with Gasteiger partial charge >= 0.3 is 0 Å². The Balaban J connectivity index is 0.000000686. The molecule has 0 aromatic carbocycles. The monoisotopic (exact) mass is 230 g/mol. The smallest absolute Gasteiger partial charge is 0.00258 e. The van der Waals surface area contributed by atoms with Gasteiger partial charge in [0, 0.05) is 5.92 Å². The van der Waals surface area contributed by atoms with Gasteiger partial charge in [0.15, 0.2) is 0 Å². The molecule has 1 atom stereocenters. The lowest BCUT2D eigenvalue weighted by Gasteiger charge is -2.29. The van der Waals surface area contributed by atoms with Gasteiger partial charge in [0.1, 0.15) is 0 Å². The summed E-state index contributed by atoms with van der Waals surface area (Å²) in [6.07, 6.45) is 10.3. The second-order valence-electron chi connectivity index (χ2n) is 4.95. The molecule has 17 heavy (non-hydrogen) atoms. The molecule has 94 valence electrons. The van der Waals surface area contributed by atoms with Crippen LogP contribution < -0.4 is 0 Å². The topological polar surface area (TPSA) is 0 Å². The third-order valence-electron chi connectivity index (χ3n) is 3.58. The summed E-state index contributed by atoms with van der Waals surface area (Å²) in [6, 6.07) is 0. The van der Waals surface area contributed by atoms with Crippen LogP contribution in [0.15, 0.2) is 46.6 Å². The molecule has 0 aromatic heterocycles. The maximum Gasteiger partial charge on any atom is 0.00258 e. The highest BCUT2D eigenvalue weighted by Gasteiger charge is 2.23. The van der Waals surface area contributed by atoms with E-state index in [4.69, 9.17) is 0 Å². The summed E-state index contributed by atoms with van der Waals surface area (Å²) >= 11 is 0. The van der Waals surface area contributed by atoms with E-state index in [0.717, 1.165) is 6.42 Å². The number of hydrogen-bond donors (Lipinski definition) is 0. The summed E-state index contributed by atoms with van der Waals surface area (Å²) in [4.78, 5) is 0. The Labute approximate surface area is 107 Å². The van der Waals surface area contributed by atoms with E-state index >= 15 is 0 Å². The highest BCUT2D eigenvalue weighted by molar-refractivity contribution is 5.53. The maximum atomic E-state index is 2.33. The second kappa shape index (κ2) is 6.05. The standard InChI is InChI=1S/C15H20.C2H6/c1-10(2)14-7-5-6-13-9-8-11(3)12(4)15(13)14;1-2/h5,7-10,12H,6H2,1-4H3;1-2H3. The van der Waals surface area contributed by atoms with Crippen molar-refractivity contribution in [3.8, 4) is 0 Å². The SMILES string of the molecule is CC.CC1=CC=C2CC=CC(C(C)C)=C2C1C. The fourth-order valence-electron chi connectivity index (χ4n) is 2.49. The van der Waals surface area contributed by atoms with Crippen molar-refractivity contribution in [1.82, 2.24) is 0 Å². The van der Waals surface area contributed by atoms with Crippen LogP contribution in [0.2, 0.25) is 0 Å². The Bertz CT molecular complexity index is 386. The van der Waals surface area contributed by atoms with Crippen LogP contribution in [0, 0.1) is 11.8 Å². The summed E-state index contributed by atoms with van der Waals surface area (Å²) in [6.45, 7) is 13.1. The molecule has 2 aliphatic carbocycles. The summed E-state index contributed by atoms with van der Waals surface area (Å²) in [5.41, 5.74) is 6.14. The average molecular weight is 230 g/mol. The predicted molar refractivity (Wildman–Crippen MR) is 78.0 cm³/mol. The minimum absolute atomic E-state index is 0.604. The van der Waals surface area contributed by atoms with Crippen LogP contribution in [0.5, 0.6) is 0 Å². The van der Waals surface area contributed by atoms with Crippen molar-refractivity contribution < 1.29 is 0 Å². The normalized spacial score (nSPS) is 22.6. The summed E-state index contributed by atoms with van der Waals surface area (Å²) in [7, 11) is 0. The van der Waals surface area contributed by atoms with Gasteiger partial charge in [-0.3, -0.25) is 0 Å². The molecular formula is C17H26. The lowest BCUT2D eigenvalue weighted by molar-refractivity contribution is 0.712. The van der Waals surface area contributed by atoms with Gasteiger partial charge in [-0.15, -0.1) is 0 Å². The minimum atomic E-state index is 0.604. The van der Waals surface area contributed by atoms with Crippen LogP contribution in [0.3, 0.4) is 0 Å². The molecule has 2 rings (SSSR count). The molecule has 0 heterocycles. The van der Waals surface area contributed by atoms with Crippen molar-refractivity contribution in [3.63, 3.8) is 0 Å². The third kappa shape index (κ3) is 2.80.